The molecule has 4 rings (SSSR count). The van der Waals surface area contributed by atoms with Gasteiger partial charge in [-0.3, -0.25) is 4.79 Å². The first kappa shape index (κ1) is 22.4. The van der Waals surface area contributed by atoms with E-state index in [1.165, 1.54) is 0 Å². The quantitative estimate of drug-likeness (QED) is 0.565. The van der Waals surface area contributed by atoms with Crippen molar-refractivity contribution < 1.29 is 19.1 Å². The highest BCUT2D eigenvalue weighted by Crippen LogP contribution is 2.45. The van der Waals surface area contributed by atoms with E-state index >= 15 is 0 Å². The van der Waals surface area contributed by atoms with Crippen LogP contribution in [-0.4, -0.2) is 18.9 Å². The molecule has 0 amide bonds. The van der Waals surface area contributed by atoms with Crippen molar-refractivity contribution in [2.24, 2.45) is 0 Å². The zero-order valence-electron chi connectivity index (χ0n) is 17.8. The van der Waals surface area contributed by atoms with Gasteiger partial charge >= 0.3 is 5.97 Å². The lowest BCUT2D eigenvalue weighted by atomic mass is 9.75. The van der Waals surface area contributed by atoms with Crippen LogP contribution >= 0.6 is 23.2 Å². The summed E-state index contributed by atoms with van der Waals surface area (Å²) in [5.74, 6) is -0.404. The molecule has 0 unspecified atom stereocenters. The first-order chi connectivity index (χ1) is 15.4. The highest BCUT2D eigenvalue weighted by Gasteiger charge is 2.40. The summed E-state index contributed by atoms with van der Waals surface area (Å²) in [7, 11) is 1.59. The number of ether oxygens (including phenoxy) is 2. The van der Waals surface area contributed by atoms with Crippen LogP contribution in [0.3, 0.4) is 0 Å². The fourth-order valence-electron chi connectivity index (χ4n) is 4.26. The van der Waals surface area contributed by atoms with Crippen LogP contribution in [0, 0.1) is 0 Å². The Morgan fingerprint density at radius 2 is 1.88 bits per heavy atom. The van der Waals surface area contributed by atoms with Gasteiger partial charge in [-0.1, -0.05) is 47.5 Å². The Balaban J connectivity index is 1.70. The molecule has 166 valence electrons. The molecule has 1 heterocycles. The molecule has 5 nitrogen and oxygen atoms in total. The zero-order chi connectivity index (χ0) is 22.8. The lowest BCUT2D eigenvalue weighted by Crippen LogP contribution is -2.34. The van der Waals surface area contributed by atoms with Crippen molar-refractivity contribution in [2.45, 2.75) is 38.7 Å². The average molecular weight is 472 g/mol. The van der Waals surface area contributed by atoms with E-state index in [0.717, 1.165) is 29.9 Å². The number of hydrogen-bond donors (Lipinski definition) is 1. The predicted molar refractivity (Wildman–Crippen MR) is 124 cm³/mol. The van der Waals surface area contributed by atoms with Crippen molar-refractivity contribution in [3.05, 3.63) is 86.2 Å². The number of Topliss-reactive ketones (excluding diaryl/α,β-unsaturated/α-hetero) is 1. The normalized spacial score (nSPS) is 18.2. The number of hydrogen-bond acceptors (Lipinski definition) is 5. The molecule has 0 fully saturated rings. The van der Waals surface area contributed by atoms with E-state index < -0.39 is 11.9 Å². The van der Waals surface area contributed by atoms with E-state index in [1.807, 2.05) is 31.2 Å². The molecule has 1 aliphatic carbocycles. The number of carbonyl (C=O) groups is 2. The summed E-state index contributed by atoms with van der Waals surface area (Å²) in [4.78, 5) is 26.3. The van der Waals surface area contributed by atoms with Crippen LogP contribution in [0.15, 0.2) is 65.0 Å². The number of dihydropyridines is 1. The number of rotatable bonds is 5. The standard InChI is InChI=1S/C25H23Cl2NO4/c1-14-21(25(30)32-13-15-9-11-16(31-2)12-10-15)22(17-5-3-6-18(26)24(17)27)23-19(28-14)7-4-8-20(23)29/h3,5-6,9-12,22,28H,4,7-8,13H2,1-2H3/t22-/m1/s1. The van der Waals surface area contributed by atoms with Gasteiger partial charge in [0.15, 0.2) is 5.78 Å². The minimum Gasteiger partial charge on any atom is -0.497 e. The van der Waals surface area contributed by atoms with Crippen LogP contribution in [-0.2, 0) is 20.9 Å². The van der Waals surface area contributed by atoms with Crippen molar-refractivity contribution in [1.82, 2.24) is 5.32 Å². The predicted octanol–water partition coefficient (Wildman–Crippen LogP) is 5.71. The van der Waals surface area contributed by atoms with Gasteiger partial charge in [0.1, 0.15) is 12.4 Å². The molecule has 1 N–H and O–H groups in total. The highest BCUT2D eigenvalue weighted by molar-refractivity contribution is 6.42. The van der Waals surface area contributed by atoms with Crippen LogP contribution < -0.4 is 10.1 Å². The molecular weight excluding hydrogens is 449 g/mol. The lowest BCUT2D eigenvalue weighted by Gasteiger charge is -2.34. The largest absolute Gasteiger partial charge is 0.497 e. The summed E-state index contributed by atoms with van der Waals surface area (Å²) >= 11 is 12.8. The van der Waals surface area contributed by atoms with Crippen LogP contribution in [0.1, 0.15) is 43.2 Å². The van der Waals surface area contributed by atoms with Gasteiger partial charge in [0, 0.05) is 29.3 Å². The number of ketones is 1. The molecule has 2 aliphatic rings. The lowest BCUT2D eigenvalue weighted by molar-refractivity contribution is -0.140. The Morgan fingerprint density at radius 3 is 2.59 bits per heavy atom. The third-order valence-electron chi connectivity index (χ3n) is 5.82. The minimum atomic E-state index is -0.631. The number of esters is 1. The molecule has 0 bridgehead atoms. The fourth-order valence-corrected chi connectivity index (χ4v) is 4.67. The van der Waals surface area contributed by atoms with Gasteiger partial charge in [0.05, 0.1) is 22.7 Å². The van der Waals surface area contributed by atoms with Gasteiger partial charge < -0.3 is 14.8 Å². The molecular formula is C25H23Cl2NO4. The Morgan fingerprint density at radius 1 is 1.12 bits per heavy atom. The fraction of sp³-hybridized carbons (Fsp3) is 0.280. The Kier molecular flexibility index (Phi) is 6.58. The molecule has 32 heavy (non-hydrogen) atoms. The topological polar surface area (TPSA) is 64.6 Å². The zero-order valence-corrected chi connectivity index (χ0v) is 19.3. The number of methoxy groups -OCH3 is 1. The molecule has 2 aromatic carbocycles. The first-order valence-electron chi connectivity index (χ1n) is 10.4. The van der Waals surface area contributed by atoms with E-state index in [1.54, 1.807) is 25.3 Å². The molecule has 0 saturated carbocycles. The minimum absolute atomic E-state index is 0.00717. The molecule has 0 radical (unpaired) electrons. The third-order valence-corrected chi connectivity index (χ3v) is 6.65. The summed E-state index contributed by atoms with van der Waals surface area (Å²) in [6.07, 6.45) is 1.94. The third kappa shape index (κ3) is 4.27. The van der Waals surface area contributed by atoms with Gasteiger partial charge in [-0.25, -0.2) is 4.79 Å². The molecule has 0 saturated heterocycles. The average Bonchev–Trinajstić information content (AvgIpc) is 2.79. The number of halogens is 2. The van der Waals surface area contributed by atoms with E-state index in [-0.39, 0.29) is 12.4 Å². The van der Waals surface area contributed by atoms with E-state index in [2.05, 4.69) is 5.32 Å². The van der Waals surface area contributed by atoms with Crippen molar-refractivity contribution >= 4 is 35.0 Å². The van der Waals surface area contributed by atoms with Gasteiger partial charge in [-0.15, -0.1) is 0 Å². The highest BCUT2D eigenvalue weighted by atomic mass is 35.5. The summed E-state index contributed by atoms with van der Waals surface area (Å²) in [5.41, 5.74) is 3.89. The van der Waals surface area contributed by atoms with Crippen molar-refractivity contribution in [3.8, 4) is 5.75 Å². The second-order valence-electron chi connectivity index (χ2n) is 7.83. The maximum atomic E-state index is 13.3. The molecule has 0 aromatic heterocycles. The van der Waals surface area contributed by atoms with Crippen molar-refractivity contribution in [1.29, 1.82) is 0 Å². The Bertz CT molecular complexity index is 1140. The Hall–Kier alpha value is -2.76. The summed E-state index contributed by atoms with van der Waals surface area (Å²) in [5, 5.41) is 3.98. The van der Waals surface area contributed by atoms with E-state index in [4.69, 9.17) is 32.7 Å². The Labute approximate surface area is 197 Å². The second kappa shape index (κ2) is 9.39. The maximum absolute atomic E-state index is 13.3. The van der Waals surface area contributed by atoms with Gasteiger partial charge in [0.25, 0.3) is 0 Å². The van der Waals surface area contributed by atoms with Crippen molar-refractivity contribution in [2.75, 3.05) is 7.11 Å². The van der Waals surface area contributed by atoms with Crippen LogP contribution in [0.5, 0.6) is 5.75 Å². The summed E-state index contributed by atoms with van der Waals surface area (Å²) in [6, 6.07) is 12.6. The number of carbonyl (C=O) groups excluding carboxylic acids is 2. The molecule has 2 aromatic rings. The molecule has 1 aliphatic heterocycles. The molecule has 1 atom stereocenters. The van der Waals surface area contributed by atoms with Gasteiger partial charge in [-0.2, -0.15) is 0 Å². The number of benzene rings is 2. The molecule has 7 heteroatoms. The first-order valence-corrected chi connectivity index (χ1v) is 11.1. The second-order valence-corrected chi connectivity index (χ2v) is 8.62. The van der Waals surface area contributed by atoms with Gasteiger partial charge in [-0.05, 0) is 49.1 Å². The number of allylic oxidation sites excluding steroid dienone is 3. The smallest absolute Gasteiger partial charge is 0.337 e. The maximum Gasteiger partial charge on any atom is 0.337 e. The van der Waals surface area contributed by atoms with Crippen LogP contribution in [0.25, 0.3) is 0 Å². The molecule has 0 spiro atoms. The number of nitrogens with one attached hydrogen (secondary N) is 1. The van der Waals surface area contributed by atoms with Gasteiger partial charge in [0.2, 0.25) is 0 Å². The van der Waals surface area contributed by atoms with Crippen LogP contribution in [0.4, 0.5) is 0 Å². The van der Waals surface area contributed by atoms with E-state index in [9.17, 15) is 9.59 Å². The van der Waals surface area contributed by atoms with Crippen molar-refractivity contribution in [3.63, 3.8) is 0 Å². The SMILES string of the molecule is COc1ccc(COC(=O)C2=C(C)NC3=C(C(=O)CCC3)[C@@H]2c2cccc(Cl)c2Cl)cc1. The summed E-state index contributed by atoms with van der Waals surface area (Å²) < 4.78 is 10.8. The van der Waals surface area contributed by atoms with Crippen LogP contribution in [0.2, 0.25) is 10.0 Å². The summed E-state index contributed by atoms with van der Waals surface area (Å²) in [6.45, 7) is 1.91. The monoisotopic (exact) mass is 471 g/mol. The van der Waals surface area contributed by atoms with E-state index in [0.29, 0.717) is 38.9 Å².